The maximum atomic E-state index is 13.0. The average molecular weight is 419 g/mol. The van der Waals surface area contributed by atoms with Crippen molar-refractivity contribution in [1.82, 2.24) is 9.62 Å². The summed E-state index contributed by atoms with van der Waals surface area (Å²) in [6, 6.07) is 13.9. The number of benzene rings is 2. The number of likely N-dealkylation sites (tertiary alicyclic amines) is 1. The summed E-state index contributed by atoms with van der Waals surface area (Å²) in [4.78, 5) is 15.7. The maximum absolute atomic E-state index is 13.0. The van der Waals surface area contributed by atoms with Gasteiger partial charge in [0.25, 0.3) is 5.91 Å². The smallest absolute Gasteiger partial charge is 0.255 e. The van der Waals surface area contributed by atoms with Crippen LogP contribution in [0.2, 0.25) is 0 Å². The molecule has 3 rings (SSSR count). The standard InChI is InChI=1S/C21H26N2O3S2/c1-16(17-9-5-3-6-10-17)22-28(25,26)18-11-12-20(27-2)19(15-18)21(24)23-13-7-4-8-14-23/h3,5-6,9-12,15-16,22H,4,7-8,13-14H2,1-2H3. The first-order valence-electron chi connectivity index (χ1n) is 9.47. The molecule has 2 aromatic carbocycles. The van der Waals surface area contributed by atoms with Crippen LogP contribution >= 0.6 is 11.8 Å². The van der Waals surface area contributed by atoms with Gasteiger partial charge in [0, 0.05) is 24.0 Å². The van der Waals surface area contributed by atoms with Gasteiger partial charge < -0.3 is 4.90 Å². The van der Waals surface area contributed by atoms with Crippen molar-refractivity contribution in [1.29, 1.82) is 0 Å². The molecule has 0 aromatic heterocycles. The van der Waals surface area contributed by atoms with Crippen LogP contribution in [0.15, 0.2) is 58.3 Å². The molecule has 7 heteroatoms. The van der Waals surface area contributed by atoms with E-state index in [2.05, 4.69) is 4.72 Å². The van der Waals surface area contributed by atoms with E-state index >= 15 is 0 Å². The molecule has 1 N–H and O–H groups in total. The molecular weight excluding hydrogens is 392 g/mol. The zero-order valence-electron chi connectivity index (χ0n) is 16.2. The Kier molecular flexibility index (Phi) is 6.80. The van der Waals surface area contributed by atoms with E-state index in [1.54, 1.807) is 12.1 Å². The zero-order chi connectivity index (χ0) is 20.1. The molecule has 28 heavy (non-hydrogen) atoms. The summed E-state index contributed by atoms with van der Waals surface area (Å²) in [5.41, 5.74) is 1.35. The number of hydrogen-bond donors (Lipinski definition) is 1. The van der Waals surface area contributed by atoms with Crippen molar-refractivity contribution in [3.63, 3.8) is 0 Å². The van der Waals surface area contributed by atoms with Gasteiger partial charge >= 0.3 is 0 Å². The highest BCUT2D eigenvalue weighted by Gasteiger charge is 2.24. The van der Waals surface area contributed by atoms with Crippen molar-refractivity contribution in [2.75, 3.05) is 19.3 Å². The van der Waals surface area contributed by atoms with Crippen molar-refractivity contribution in [2.45, 2.75) is 42.0 Å². The third-order valence-corrected chi connectivity index (χ3v) is 7.32. The van der Waals surface area contributed by atoms with Gasteiger partial charge in [0.2, 0.25) is 10.0 Å². The maximum Gasteiger partial charge on any atom is 0.255 e. The van der Waals surface area contributed by atoms with E-state index < -0.39 is 10.0 Å². The molecule has 1 aliphatic heterocycles. The Bertz CT molecular complexity index is 924. The summed E-state index contributed by atoms with van der Waals surface area (Å²) in [6.45, 7) is 3.27. The lowest BCUT2D eigenvalue weighted by atomic mass is 10.1. The summed E-state index contributed by atoms with van der Waals surface area (Å²) in [6.07, 6.45) is 5.02. The summed E-state index contributed by atoms with van der Waals surface area (Å²) >= 11 is 1.46. The molecule has 1 atom stereocenters. The molecule has 5 nitrogen and oxygen atoms in total. The van der Waals surface area contributed by atoms with Crippen LogP contribution in [-0.4, -0.2) is 38.6 Å². The Hall–Kier alpha value is -1.83. The lowest BCUT2D eigenvalue weighted by molar-refractivity contribution is 0.0720. The summed E-state index contributed by atoms with van der Waals surface area (Å²) in [7, 11) is -3.75. The molecule has 2 aromatic rings. The SMILES string of the molecule is CSc1ccc(S(=O)(=O)NC(C)c2ccccc2)cc1C(=O)N1CCCCC1. The number of hydrogen-bond acceptors (Lipinski definition) is 4. The Labute approximate surface area is 171 Å². The molecule has 0 spiro atoms. The number of thioether (sulfide) groups is 1. The second kappa shape index (κ2) is 9.11. The van der Waals surface area contributed by atoms with E-state index in [1.807, 2.05) is 48.4 Å². The average Bonchev–Trinajstić information content (AvgIpc) is 2.73. The first kappa shape index (κ1) is 20.9. The number of amides is 1. The number of carbonyl (C=O) groups is 1. The molecule has 0 saturated carbocycles. The highest BCUT2D eigenvalue weighted by Crippen LogP contribution is 2.27. The fourth-order valence-corrected chi connectivity index (χ4v) is 5.23. The van der Waals surface area contributed by atoms with Crippen LogP contribution in [0.1, 0.15) is 48.1 Å². The van der Waals surface area contributed by atoms with E-state index in [-0.39, 0.29) is 16.8 Å². The molecule has 150 valence electrons. The van der Waals surface area contributed by atoms with Gasteiger partial charge in [-0.25, -0.2) is 13.1 Å². The molecule has 1 heterocycles. The lowest BCUT2D eigenvalue weighted by Gasteiger charge is -2.27. The Morgan fingerprint density at radius 3 is 2.39 bits per heavy atom. The van der Waals surface area contributed by atoms with Crippen LogP contribution in [0.25, 0.3) is 0 Å². The van der Waals surface area contributed by atoms with Crippen molar-refractivity contribution < 1.29 is 13.2 Å². The number of nitrogens with zero attached hydrogens (tertiary/aromatic N) is 1. The van der Waals surface area contributed by atoms with Crippen molar-refractivity contribution >= 4 is 27.7 Å². The minimum atomic E-state index is -3.75. The normalized spacial score (nSPS) is 16.0. The number of carbonyl (C=O) groups excluding carboxylic acids is 1. The fourth-order valence-electron chi connectivity index (χ4n) is 3.40. The number of piperidine rings is 1. The Morgan fingerprint density at radius 1 is 1.07 bits per heavy atom. The topological polar surface area (TPSA) is 66.5 Å². The van der Waals surface area contributed by atoms with Gasteiger partial charge in [-0.1, -0.05) is 30.3 Å². The Morgan fingerprint density at radius 2 is 1.75 bits per heavy atom. The molecule has 0 radical (unpaired) electrons. The van der Waals surface area contributed by atoms with Gasteiger partial charge in [-0.15, -0.1) is 11.8 Å². The van der Waals surface area contributed by atoms with Crippen LogP contribution in [0.4, 0.5) is 0 Å². The molecular formula is C21H26N2O3S2. The van der Waals surface area contributed by atoms with Crippen molar-refractivity contribution in [2.24, 2.45) is 0 Å². The van der Waals surface area contributed by atoms with E-state index in [4.69, 9.17) is 0 Å². The quantitative estimate of drug-likeness (QED) is 0.718. The molecule has 1 fully saturated rings. The van der Waals surface area contributed by atoms with E-state index in [1.165, 1.54) is 17.8 Å². The van der Waals surface area contributed by atoms with Gasteiger partial charge in [0.05, 0.1) is 10.5 Å². The highest BCUT2D eigenvalue weighted by atomic mass is 32.2. The fraction of sp³-hybridized carbons (Fsp3) is 0.381. The second-order valence-corrected chi connectivity index (χ2v) is 9.53. The summed E-state index contributed by atoms with van der Waals surface area (Å²) in [5.74, 6) is -0.0859. The molecule has 0 bridgehead atoms. The minimum absolute atomic E-state index is 0.0859. The van der Waals surface area contributed by atoms with Crippen molar-refractivity contribution in [3.05, 3.63) is 59.7 Å². The largest absolute Gasteiger partial charge is 0.339 e. The van der Waals surface area contributed by atoms with Gasteiger partial charge in [0.1, 0.15) is 0 Å². The predicted molar refractivity (Wildman–Crippen MR) is 113 cm³/mol. The van der Waals surface area contributed by atoms with E-state index in [0.717, 1.165) is 42.8 Å². The van der Waals surface area contributed by atoms with Crippen LogP contribution in [0.5, 0.6) is 0 Å². The van der Waals surface area contributed by atoms with Gasteiger partial charge in [-0.05, 0) is 56.2 Å². The number of sulfonamides is 1. The van der Waals surface area contributed by atoms with Crippen LogP contribution in [0.3, 0.4) is 0 Å². The highest BCUT2D eigenvalue weighted by molar-refractivity contribution is 7.98. The molecule has 1 unspecified atom stereocenters. The van der Waals surface area contributed by atoms with Crippen LogP contribution in [-0.2, 0) is 10.0 Å². The Balaban J connectivity index is 1.88. The number of rotatable bonds is 6. The third kappa shape index (κ3) is 4.77. The van der Waals surface area contributed by atoms with E-state index in [9.17, 15) is 13.2 Å². The summed E-state index contributed by atoms with van der Waals surface area (Å²) < 4.78 is 28.6. The lowest BCUT2D eigenvalue weighted by Crippen LogP contribution is -2.36. The van der Waals surface area contributed by atoms with Gasteiger partial charge in [-0.3, -0.25) is 4.79 Å². The van der Waals surface area contributed by atoms with Crippen molar-refractivity contribution in [3.8, 4) is 0 Å². The first-order valence-corrected chi connectivity index (χ1v) is 12.2. The zero-order valence-corrected chi connectivity index (χ0v) is 17.9. The van der Waals surface area contributed by atoms with Crippen LogP contribution < -0.4 is 4.72 Å². The molecule has 0 aliphatic carbocycles. The number of nitrogens with one attached hydrogen (secondary N) is 1. The minimum Gasteiger partial charge on any atom is -0.339 e. The first-order chi connectivity index (χ1) is 13.4. The molecule has 1 amide bonds. The predicted octanol–water partition coefficient (Wildman–Crippen LogP) is 4.07. The molecule has 1 aliphatic rings. The van der Waals surface area contributed by atoms with Gasteiger partial charge in [0.15, 0.2) is 0 Å². The molecule has 1 saturated heterocycles. The second-order valence-electron chi connectivity index (χ2n) is 6.97. The van der Waals surface area contributed by atoms with Gasteiger partial charge in [-0.2, -0.15) is 0 Å². The third-order valence-electron chi connectivity index (χ3n) is 4.99. The van der Waals surface area contributed by atoms with Crippen LogP contribution in [0, 0.1) is 0 Å². The monoisotopic (exact) mass is 418 g/mol. The summed E-state index contributed by atoms with van der Waals surface area (Å²) in [5, 5.41) is 0. The van der Waals surface area contributed by atoms with E-state index in [0.29, 0.717) is 5.56 Å².